The Bertz CT molecular complexity index is 307. The summed E-state index contributed by atoms with van der Waals surface area (Å²) in [6.07, 6.45) is 2.02. The third kappa shape index (κ3) is 8.21. The standard InChI is InChI=1S/C10H16N2O4S/c1-2-6-11-10(17)12-7(9(15)16)4-3-5-8(13)14/h2,7H,1,3-6H2,(H,13,14)(H,15,16)(H2,11,12,17). The molecule has 0 amide bonds. The molecule has 0 heterocycles. The number of carboxylic acids is 2. The number of nitrogens with one attached hydrogen (secondary N) is 2. The molecule has 0 aliphatic heterocycles. The van der Waals surface area contributed by atoms with Crippen molar-refractivity contribution in [2.45, 2.75) is 25.3 Å². The number of rotatable bonds is 8. The Balaban J connectivity index is 4.05. The summed E-state index contributed by atoms with van der Waals surface area (Å²) in [6, 6.07) is -0.876. The highest BCUT2D eigenvalue weighted by atomic mass is 32.1. The van der Waals surface area contributed by atoms with E-state index in [1.54, 1.807) is 6.08 Å². The molecule has 7 heteroatoms. The first-order valence-electron chi connectivity index (χ1n) is 5.07. The van der Waals surface area contributed by atoms with Crippen LogP contribution in [0.2, 0.25) is 0 Å². The number of hydrogen-bond donors (Lipinski definition) is 4. The molecule has 0 aliphatic rings. The van der Waals surface area contributed by atoms with Gasteiger partial charge in [0.15, 0.2) is 5.11 Å². The zero-order chi connectivity index (χ0) is 13.3. The first-order valence-corrected chi connectivity index (χ1v) is 5.48. The van der Waals surface area contributed by atoms with Crippen LogP contribution in [-0.4, -0.2) is 39.9 Å². The van der Waals surface area contributed by atoms with Gasteiger partial charge in [-0.2, -0.15) is 0 Å². The lowest BCUT2D eigenvalue weighted by atomic mass is 10.1. The Morgan fingerprint density at radius 1 is 1.41 bits per heavy atom. The largest absolute Gasteiger partial charge is 0.481 e. The fourth-order valence-corrected chi connectivity index (χ4v) is 1.31. The first kappa shape index (κ1) is 15.4. The van der Waals surface area contributed by atoms with Gasteiger partial charge in [-0.3, -0.25) is 4.79 Å². The number of aliphatic carboxylic acids is 2. The highest BCUT2D eigenvalue weighted by molar-refractivity contribution is 7.80. The maximum absolute atomic E-state index is 10.9. The van der Waals surface area contributed by atoms with Crippen LogP contribution in [0.3, 0.4) is 0 Å². The number of hydrogen-bond acceptors (Lipinski definition) is 3. The molecule has 0 aromatic rings. The monoisotopic (exact) mass is 260 g/mol. The van der Waals surface area contributed by atoms with Gasteiger partial charge in [-0.25, -0.2) is 4.79 Å². The average molecular weight is 260 g/mol. The van der Waals surface area contributed by atoms with E-state index in [-0.39, 0.29) is 24.4 Å². The van der Waals surface area contributed by atoms with Crippen molar-refractivity contribution in [2.24, 2.45) is 0 Å². The van der Waals surface area contributed by atoms with Crippen molar-refractivity contribution in [3.05, 3.63) is 12.7 Å². The molecule has 17 heavy (non-hydrogen) atoms. The Hall–Kier alpha value is -1.63. The van der Waals surface area contributed by atoms with Crippen molar-refractivity contribution in [3.63, 3.8) is 0 Å². The van der Waals surface area contributed by atoms with Gasteiger partial charge in [0.25, 0.3) is 0 Å². The molecular weight excluding hydrogens is 244 g/mol. The predicted octanol–water partition coefficient (Wildman–Crippen LogP) is 0.345. The lowest BCUT2D eigenvalue weighted by Crippen LogP contribution is -2.45. The SMILES string of the molecule is C=CCNC(=S)NC(CCCC(=O)O)C(=O)O. The van der Waals surface area contributed by atoms with Crippen LogP contribution in [0, 0.1) is 0 Å². The minimum atomic E-state index is -1.06. The Kier molecular flexibility index (Phi) is 7.70. The smallest absolute Gasteiger partial charge is 0.326 e. The van der Waals surface area contributed by atoms with E-state index < -0.39 is 18.0 Å². The molecule has 6 nitrogen and oxygen atoms in total. The molecule has 0 spiro atoms. The molecule has 0 aliphatic carbocycles. The molecule has 0 radical (unpaired) electrons. The summed E-state index contributed by atoms with van der Waals surface area (Å²) in [6.45, 7) is 3.92. The van der Waals surface area contributed by atoms with E-state index in [9.17, 15) is 9.59 Å². The maximum Gasteiger partial charge on any atom is 0.326 e. The quantitative estimate of drug-likeness (QED) is 0.369. The summed E-state index contributed by atoms with van der Waals surface area (Å²) in [5, 5.41) is 22.9. The van der Waals surface area contributed by atoms with Gasteiger partial charge >= 0.3 is 11.9 Å². The summed E-state index contributed by atoms with van der Waals surface area (Å²) < 4.78 is 0. The van der Waals surface area contributed by atoms with Gasteiger partial charge in [0.05, 0.1) is 0 Å². The second-order valence-electron chi connectivity index (χ2n) is 3.32. The van der Waals surface area contributed by atoms with E-state index in [1.165, 1.54) is 0 Å². The van der Waals surface area contributed by atoms with Crippen molar-refractivity contribution in [2.75, 3.05) is 6.54 Å². The van der Waals surface area contributed by atoms with Gasteiger partial charge in [-0.05, 0) is 25.1 Å². The molecule has 96 valence electrons. The van der Waals surface area contributed by atoms with Crippen LogP contribution < -0.4 is 10.6 Å². The van der Waals surface area contributed by atoms with E-state index in [0.29, 0.717) is 6.54 Å². The van der Waals surface area contributed by atoms with Crippen LogP contribution in [0.4, 0.5) is 0 Å². The lowest BCUT2D eigenvalue weighted by Gasteiger charge is -2.16. The van der Waals surface area contributed by atoms with Gasteiger partial charge in [-0.1, -0.05) is 6.08 Å². The third-order valence-corrected chi connectivity index (χ3v) is 2.16. The summed E-state index contributed by atoms with van der Waals surface area (Å²) in [5.41, 5.74) is 0. The number of carbonyl (C=O) groups is 2. The molecule has 0 aromatic heterocycles. The fourth-order valence-electron chi connectivity index (χ4n) is 1.09. The van der Waals surface area contributed by atoms with Gasteiger partial charge < -0.3 is 20.8 Å². The molecule has 0 bridgehead atoms. The molecule has 0 fully saturated rings. The first-order chi connectivity index (χ1) is 7.97. The molecule has 0 saturated heterocycles. The average Bonchev–Trinajstić information content (AvgIpc) is 2.24. The Morgan fingerprint density at radius 3 is 2.53 bits per heavy atom. The van der Waals surface area contributed by atoms with Crippen LogP contribution in [-0.2, 0) is 9.59 Å². The van der Waals surface area contributed by atoms with Crippen LogP contribution >= 0.6 is 12.2 Å². The molecular formula is C10H16N2O4S. The summed E-state index contributed by atoms with van der Waals surface area (Å²) in [5.74, 6) is -2.00. The Morgan fingerprint density at radius 2 is 2.06 bits per heavy atom. The molecule has 1 unspecified atom stereocenters. The third-order valence-electron chi connectivity index (χ3n) is 1.89. The number of thiocarbonyl (C=S) groups is 1. The molecule has 0 saturated carbocycles. The summed E-state index contributed by atoms with van der Waals surface area (Å²) in [4.78, 5) is 21.2. The van der Waals surface area contributed by atoms with Crippen molar-refractivity contribution in [1.29, 1.82) is 0 Å². The van der Waals surface area contributed by atoms with Crippen molar-refractivity contribution < 1.29 is 19.8 Å². The van der Waals surface area contributed by atoms with Gasteiger partial charge in [0, 0.05) is 13.0 Å². The second-order valence-corrected chi connectivity index (χ2v) is 3.73. The van der Waals surface area contributed by atoms with E-state index >= 15 is 0 Å². The highest BCUT2D eigenvalue weighted by Gasteiger charge is 2.18. The number of carboxylic acid groups (broad SMARTS) is 2. The van der Waals surface area contributed by atoms with Crippen molar-refractivity contribution in [3.8, 4) is 0 Å². The van der Waals surface area contributed by atoms with E-state index in [4.69, 9.17) is 22.4 Å². The van der Waals surface area contributed by atoms with Crippen molar-refractivity contribution in [1.82, 2.24) is 10.6 Å². The Labute approximate surface area is 105 Å². The van der Waals surface area contributed by atoms with E-state index in [0.717, 1.165) is 0 Å². The van der Waals surface area contributed by atoms with Crippen LogP contribution in [0.5, 0.6) is 0 Å². The van der Waals surface area contributed by atoms with Crippen molar-refractivity contribution >= 4 is 29.3 Å². The lowest BCUT2D eigenvalue weighted by molar-refractivity contribution is -0.140. The molecule has 0 rings (SSSR count). The van der Waals surface area contributed by atoms with Gasteiger partial charge in [-0.15, -0.1) is 6.58 Å². The van der Waals surface area contributed by atoms with Gasteiger partial charge in [0.1, 0.15) is 6.04 Å². The normalized spacial score (nSPS) is 11.3. The molecule has 1 atom stereocenters. The minimum absolute atomic E-state index is 0.0572. The van der Waals surface area contributed by atoms with Crippen LogP contribution in [0.25, 0.3) is 0 Å². The second kappa shape index (κ2) is 8.51. The van der Waals surface area contributed by atoms with Crippen LogP contribution in [0.15, 0.2) is 12.7 Å². The summed E-state index contributed by atoms with van der Waals surface area (Å²) >= 11 is 4.87. The van der Waals surface area contributed by atoms with E-state index in [2.05, 4.69) is 17.2 Å². The van der Waals surface area contributed by atoms with E-state index in [1.807, 2.05) is 0 Å². The topological polar surface area (TPSA) is 98.7 Å². The highest BCUT2D eigenvalue weighted by Crippen LogP contribution is 2.01. The fraction of sp³-hybridized carbons (Fsp3) is 0.500. The zero-order valence-corrected chi connectivity index (χ0v) is 10.1. The predicted molar refractivity (Wildman–Crippen MR) is 66.8 cm³/mol. The zero-order valence-electron chi connectivity index (χ0n) is 9.31. The minimum Gasteiger partial charge on any atom is -0.481 e. The summed E-state index contributed by atoms with van der Waals surface area (Å²) in [7, 11) is 0. The molecule has 0 aromatic carbocycles. The molecule has 4 N–H and O–H groups in total. The van der Waals surface area contributed by atoms with Crippen LogP contribution in [0.1, 0.15) is 19.3 Å². The van der Waals surface area contributed by atoms with Gasteiger partial charge in [0.2, 0.25) is 0 Å². The maximum atomic E-state index is 10.9.